The minimum Gasteiger partial charge on any atom is -0.497 e. The summed E-state index contributed by atoms with van der Waals surface area (Å²) in [7, 11) is 1.62. The van der Waals surface area contributed by atoms with Gasteiger partial charge in [0.25, 0.3) is 5.56 Å². The minimum atomic E-state index is -0.323. The van der Waals surface area contributed by atoms with Crippen molar-refractivity contribution in [1.29, 1.82) is 0 Å². The highest BCUT2D eigenvalue weighted by molar-refractivity contribution is 5.82. The second kappa shape index (κ2) is 7.83. The Kier molecular flexibility index (Phi) is 5.07. The number of fused-ring (bicyclic) bond motifs is 3. The van der Waals surface area contributed by atoms with Crippen molar-refractivity contribution < 1.29 is 13.9 Å². The first-order valence-corrected chi connectivity index (χ1v) is 9.49. The number of aryl methyl sites for hydroxylation is 1. The topological polar surface area (TPSA) is 90.8 Å². The smallest absolute Gasteiger partial charge is 0.291 e. The number of amides is 1. The highest BCUT2D eigenvalue weighted by Gasteiger charge is 2.16. The van der Waals surface area contributed by atoms with Gasteiger partial charge in [-0.2, -0.15) is 5.10 Å². The lowest BCUT2D eigenvalue weighted by Gasteiger charge is -2.10. The molecule has 0 bridgehead atoms. The lowest BCUT2D eigenvalue weighted by atomic mass is 10.1. The number of carbonyl (C=O) groups is 1. The van der Waals surface area contributed by atoms with Crippen molar-refractivity contribution in [1.82, 2.24) is 19.5 Å². The minimum absolute atomic E-state index is 0.132. The van der Waals surface area contributed by atoms with Crippen molar-refractivity contribution in [3.8, 4) is 5.75 Å². The van der Waals surface area contributed by atoms with Crippen molar-refractivity contribution in [2.45, 2.75) is 26.3 Å². The van der Waals surface area contributed by atoms with E-state index in [2.05, 4.69) is 10.4 Å². The Labute approximate surface area is 166 Å². The summed E-state index contributed by atoms with van der Waals surface area (Å²) in [5.74, 6) is 1.22. The van der Waals surface area contributed by atoms with E-state index in [0.717, 1.165) is 16.8 Å². The molecule has 0 unspecified atom stereocenters. The van der Waals surface area contributed by atoms with E-state index in [0.29, 0.717) is 36.3 Å². The van der Waals surface area contributed by atoms with Gasteiger partial charge in [-0.15, -0.1) is 0 Å². The van der Waals surface area contributed by atoms with Crippen LogP contribution in [0.1, 0.15) is 18.3 Å². The molecule has 0 spiro atoms. The van der Waals surface area contributed by atoms with Crippen LogP contribution in [0.25, 0.3) is 16.6 Å². The van der Waals surface area contributed by atoms with E-state index in [1.54, 1.807) is 29.9 Å². The predicted octanol–water partition coefficient (Wildman–Crippen LogP) is 2.17. The SMILES string of the molecule is CCc1nn(CC(=O)NCCc2cccc(OC)c2)c(=O)c2cc3occc3n12. The molecule has 29 heavy (non-hydrogen) atoms. The number of hydrogen-bond donors (Lipinski definition) is 1. The number of furan rings is 1. The fraction of sp³-hybridized carbons (Fsp3) is 0.286. The Hall–Kier alpha value is -3.55. The van der Waals surface area contributed by atoms with Gasteiger partial charge in [-0.25, -0.2) is 4.68 Å². The van der Waals surface area contributed by atoms with Crippen molar-refractivity contribution in [2.24, 2.45) is 0 Å². The molecule has 1 aromatic carbocycles. The molecule has 3 aromatic heterocycles. The average Bonchev–Trinajstić information content (AvgIpc) is 3.32. The summed E-state index contributed by atoms with van der Waals surface area (Å²) in [5.41, 5.74) is 2.62. The number of hydrogen-bond acceptors (Lipinski definition) is 5. The molecule has 0 saturated carbocycles. The summed E-state index contributed by atoms with van der Waals surface area (Å²) in [4.78, 5) is 25.2. The molecule has 0 aliphatic carbocycles. The monoisotopic (exact) mass is 394 g/mol. The van der Waals surface area contributed by atoms with Gasteiger partial charge in [0.05, 0.1) is 18.9 Å². The molecule has 8 heteroatoms. The number of methoxy groups -OCH3 is 1. The molecule has 8 nitrogen and oxygen atoms in total. The Morgan fingerprint density at radius 3 is 2.90 bits per heavy atom. The Balaban J connectivity index is 1.49. The molecule has 0 aliphatic rings. The maximum absolute atomic E-state index is 12.8. The maximum Gasteiger partial charge on any atom is 0.291 e. The molecule has 3 heterocycles. The first-order valence-electron chi connectivity index (χ1n) is 9.49. The van der Waals surface area contributed by atoms with Crippen LogP contribution in [0.15, 0.2) is 51.9 Å². The van der Waals surface area contributed by atoms with E-state index in [1.165, 1.54) is 4.68 Å². The summed E-state index contributed by atoms with van der Waals surface area (Å²) >= 11 is 0. The molecule has 0 atom stereocenters. The van der Waals surface area contributed by atoms with E-state index >= 15 is 0 Å². The van der Waals surface area contributed by atoms with Gasteiger partial charge in [0.1, 0.15) is 23.6 Å². The molecule has 0 fully saturated rings. The van der Waals surface area contributed by atoms with Crippen LogP contribution < -0.4 is 15.6 Å². The normalized spacial score (nSPS) is 11.2. The second-order valence-electron chi connectivity index (χ2n) is 6.72. The number of nitrogens with zero attached hydrogens (tertiary/aromatic N) is 3. The van der Waals surface area contributed by atoms with E-state index in [1.807, 2.05) is 31.2 Å². The first-order chi connectivity index (χ1) is 14.1. The lowest BCUT2D eigenvalue weighted by Crippen LogP contribution is -2.36. The fourth-order valence-corrected chi connectivity index (χ4v) is 3.42. The molecule has 0 radical (unpaired) electrons. The zero-order chi connectivity index (χ0) is 20.4. The summed E-state index contributed by atoms with van der Waals surface area (Å²) in [6.45, 7) is 2.28. The molecule has 4 aromatic rings. The Bertz CT molecular complexity index is 1230. The summed E-state index contributed by atoms with van der Waals surface area (Å²) in [5, 5.41) is 7.24. The van der Waals surface area contributed by atoms with Crippen molar-refractivity contribution in [2.75, 3.05) is 13.7 Å². The van der Waals surface area contributed by atoms with E-state index in [9.17, 15) is 9.59 Å². The lowest BCUT2D eigenvalue weighted by molar-refractivity contribution is -0.121. The number of rotatable bonds is 7. The molecule has 1 amide bonds. The summed E-state index contributed by atoms with van der Waals surface area (Å²) in [6, 6.07) is 11.2. The third-order valence-corrected chi connectivity index (χ3v) is 4.85. The number of carbonyl (C=O) groups excluding carboxylic acids is 1. The van der Waals surface area contributed by atoms with E-state index in [4.69, 9.17) is 9.15 Å². The van der Waals surface area contributed by atoms with Gasteiger partial charge in [-0.3, -0.25) is 14.0 Å². The van der Waals surface area contributed by atoms with Crippen molar-refractivity contribution in [3.05, 3.63) is 64.4 Å². The number of benzene rings is 1. The quantitative estimate of drug-likeness (QED) is 0.519. The van der Waals surface area contributed by atoms with Crippen LogP contribution >= 0.6 is 0 Å². The van der Waals surface area contributed by atoms with Gasteiger partial charge in [-0.05, 0) is 24.1 Å². The number of nitrogens with one attached hydrogen (secondary N) is 1. The van der Waals surface area contributed by atoms with Crippen LogP contribution in [0.3, 0.4) is 0 Å². The van der Waals surface area contributed by atoms with Gasteiger partial charge in [0, 0.05) is 25.1 Å². The Morgan fingerprint density at radius 2 is 2.10 bits per heavy atom. The van der Waals surface area contributed by atoms with Gasteiger partial charge in [0.2, 0.25) is 5.91 Å². The third-order valence-electron chi connectivity index (χ3n) is 4.85. The van der Waals surface area contributed by atoms with Crippen LogP contribution in [-0.2, 0) is 24.2 Å². The largest absolute Gasteiger partial charge is 0.497 e. The van der Waals surface area contributed by atoms with Gasteiger partial charge >= 0.3 is 0 Å². The summed E-state index contributed by atoms with van der Waals surface area (Å²) in [6.07, 6.45) is 2.86. The number of ether oxygens (including phenoxy) is 1. The zero-order valence-corrected chi connectivity index (χ0v) is 16.3. The van der Waals surface area contributed by atoms with Crippen LogP contribution in [-0.4, -0.2) is 33.7 Å². The standard InChI is InChI=1S/C21H22N4O4/c1-3-19-23-24(21(27)17-12-18-16(25(17)19)8-10-29-18)13-20(26)22-9-7-14-5-4-6-15(11-14)28-2/h4-6,8,10-12H,3,7,9,13H2,1-2H3,(H,22,26). The molecular weight excluding hydrogens is 372 g/mol. The van der Waals surface area contributed by atoms with Crippen LogP contribution in [0.5, 0.6) is 5.75 Å². The molecular formula is C21H22N4O4. The third kappa shape index (κ3) is 3.61. The van der Waals surface area contributed by atoms with Gasteiger partial charge < -0.3 is 14.5 Å². The van der Waals surface area contributed by atoms with Crippen LogP contribution in [0.4, 0.5) is 0 Å². The molecule has 4 rings (SSSR count). The molecule has 1 N–H and O–H groups in total. The number of aromatic nitrogens is 3. The van der Waals surface area contributed by atoms with Crippen LogP contribution in [0.2, 0.25) is 0 Å². The van der Waals surface area contributed by atoms with Crippen molar-refractivity contribution >= 4 is 22.5 Å². The van der Waals surface area contributed by atoms with E-state index in [-0.39, 0.29) is 18.0 Å². The molecule has 150 valence electrons. The highest BCUT2D eigenvalue weighted by atomic mass is 16.5. The zero-order valence-electron chi connectivity index (χ0n) is 16.3. The van der Waals surface area contributed by atoms with E-state index < -0.39 is 0 Å². The molecule has 0 saturated heterocycles. The summed E-state index contributed by atoms with van der Waals surface area (Å²) < 4.78 is 13.6. The maximum atomic E-state index is 12.8. The highest BCUT2D eigenvalue weighted by Crippen LogP contribution is 2.20. The van der Waals surface area contributed by atoms with Crippen molar-refractivity contribution in [3.63, 3.8) is 0 Å². The predicted molar refractivity (Wildman–Crippen MR) is 108 cm³/mol. The van der Waals surface area contributed by atoms with Gasteiger partial charge in [0.15, 0.2) is 5.58 Å². The second-order valence-corrected chi connectivity index (χ2v) is 6.72. The van der Waals surface area contributed by atoms with Gasteiger partial charge in [-0.1, -0.05) is 19.1 Å². The first kappa shape index (κ1) is 18.8. The Morgan fingerprint density at radius 1 is 1.24 bits per heavy atom. The fourth-order valence-electron chi connectivity index (χ4n) is 3.42. The average molecular weight is 394 g/mol. The molecule has 0 aliphatic heterocycles. The van der Waals surface area contributed by atoms with Crippen LogP contribution in [0, 0.1) is 0 Å².